The number of H-pyrrole nitrogens is 1. The Bertz CT molecular complexity index is 725. The molecule has 1 N–H and O–H groups in total. The average Bonchev–Trinajstić information content (AvgIpc) is 2.82. The van der Waals surface area contributed by atoms with Gasteiger partial charge in [-0.15, -0.1) is 0 Å². The van der Waals surface area contributed by atoms with Crippen molar-refractivity contribution in [1.29, 1.82) is 0 Å². The Morgan fingerprint density at radius 2 is 1.68 bits per heavy atom. The van der Waals surface area contributed by atoms with Gasteiger partial charge in [-0.2, -0.15) is 13.2 Å². The first-order chi connectivity index (χ1) is 9.05. The zero-order chi connectivity index (χ0) is 13.5. The topological polar surface area (TPSA) is 15.8 Å². The number of rotatable bonds is 1. The lowest BCUT2D eigenvalue weighted by Gasteiger charge is -2.08. The number of halogens is 3. The first-order valence-corrected chi connectivity index (χ1v) is 5.79. The highest BCUT2D eigenvalue weighted by atomic mass is 19.4. The van der Waals surface area contributed by atoms with Crippen molar-refractivity contribution in [3.63, 3.8) is 0 Å². The second kappa shape index (κ2) is 4.16. The van der Waals surface area contributed by atoms with Gasteiger partial charge in [0, 0.05) is 22.7 Å². The van der Waals surface area contributed by atoms with Crippen LogP contribution >= 0.6 is 0 Å². The number of aromatic nitrogens is 1. The maximum atomic E-state index is 12.7. The molecule has 2 aromatic carbocycles. The van der Waals surface area contributed by atoms with Gasteiger partial charge in [0.25, 0.3) is 0 Å². The molecule has 0 saturated carbocycles. The second-order valence-corrected chi connectivity index (χ2v) is 4.33. The van der Waals surface area contributed by atoms with E-state index in [0.29, 0.717) is 5.56 Å². The summed E-state index contributed by atoms with van der Waals surface area (Å²) < 4.78 is 38.1. The van der Waals surface area contributed by atoms with E-state index in [1.807, 2.05) is 24.3 Å². The second-order valence-electron chi connectivity index (χ2n) is 4.33. The van der Waals surface area contributed by atoms with E-state index in [1.54, 1.807) is 12.3 Å². The molecular weight excluding hydrogens is 251 g/mol. The van der Waals surface area contributed by atoms with Crippen LogP contribution in [0.3, 0.4) is 0 Å². The molecule has 3 rings (SSSR count). The monoisotopic (exact) mass is 261 g/mol. The van der Waals surface area contributed by atoms with Crippen molar-refractivity contribution >= 4 is 10.9 Å². The van der Waals surface area contributed by atoms with Crippen LogP contribution in [0.4, 0.5) is 13.2 Å². The maximum Gasteiger partial charge on any atom is 0.416 e. The highest BCUT2D eigenvalue weighted by molar-refractivity contribution is 5.95. The number of para-hydroxylation sites is 1. The summed E-state index contributed by atoms with van der Waals surface area (Å²) in [5.41, 5.74) is 1.62. The number of hydrogen-bond donors (Lipinski definition) is 1. The first-order valence-electron chi connectivity index (χ1n) is 5.79. The van der Waals surface area contributed by atoms with Crippen molar-refractivity contribution in [3.05, 3.63) is 60.3 Å². The predicted molar refractivity (Wildman–Crippen MR) is 68.7 cm³/mol. The van der Waals surface area contributed by atoms with Gasteiger partial charge in [0.1, 0.15) is 0 Å². The van der Waals surface area contributed by atoms with Gasteiger partial charge in [0.15, 0.2) is 0 Å². The van der Waals surface area contributed by atoms with Crippen LogP contribution in [0.15, 0.2) is 54.7 Å². The molecule has 0 bridgehead atoms. The standard InChI is InChI=1S/C15H10F3N/c16-15(17,18)11-5-3-4-10(8-11)13-9-19-14-7-2-1-6-12(13)14/h1-9,19H. The van der Waals surface area contributed by atoms with E-state index in [4.69, 9.17) is 0 Å². The minimum atomic E-state index is -4.32. The molecule has 0 fully saturated rings. The Hall–Kier alpha value is -2.23. The Labute approximate surface area is 107 Å². The number of benzene rings is 2. The summed E-state index contributed by atoms with van der Waals surface area (Å²) in [6.45, 7) is 0. The number of hydrogen-bond acceptors (Lipinski definition) is 0. The predicted octanol–water partition coefficient (Wildman–Crippen LogP) is 4.85. The number of aromatic amines is 1. The fraction of sp³-hybridized carbons (Fsp3) is 0.0667. The summed E-state index contributed by atoms with van der Waals surface area (Å²) in [6, 6.07) is 12.9. The van der Waals surface area contributed by atoms with Crippen molar-refractivity contribution in [2.24, 2.45) is 0 Å². The van der Waals surface area contributed by atoms with Gasteiger partial charge >= 0.3 is 6.18 Å². The lowest BCUT2D eigenvalue weighted by atomic mass is 10.0. The molecule has 4 heteroatoms. The minimum absolute atomic E-state index is 0.562. The van der Waals surface area contributed by atoms with E-state index in [-0.39, 0.29) is 0 Å². The zero-order valence-electron chi connectivity index (χ0n) is 9.83. The summed E-state index contributed by atoms with van der Waals surface area (Å²) in [5.74, 6) is 0. The van der Waals surface area contributed by atoms with Crippen LogP contribution in [0.25, 0.3) is 22.0 Å². The van der Waals surface area contributed by atoms with Crippen molar-refractivity contribution in [3.8, 4) is 11.1 Å². The molecule has 0 saturated heterocycles. The van der Waals surface area contributed by atoms with E-state index < -0.39 is 11.7 Å². The Balaban J connectivity index is 2.17. The fourth-order valence-corrected chi connectivity index (χ4v) is 2.17. The Kier molecular flexibility index (Phi) is 2.59. The van der Waals surface area contributed by atoms with Crippen LogP contribution in [0.1, 0.15) is 5.56 Å². The lowest BCUT2D eigenvalue weighted by Crippen LogP contribution is -2.04. The highest BCUT2D eigenvalue weighted by Gasteiger charge is 2.30. The van der Waals surface area contributed by atoms with E-state index in [9.17, 15) is 13.2 Å². The highest BCUT2D eigenvalue weighted by Crippen LogP contribution is 2.34. The molecule has 19 heavy (non-hydrogen) atoms. The van der Waals surface area contributed by atoms with Crippen molar-refractivity contribution < 1.29 is 13.2 Å². The molecule has 0 aliphatic heterocycles. The fourth-order valence-electron chi connectivity index (χ4n) is 2.17. The van der Waals surface area contributed by atoms with Crippen molar-refractivity contribution in [1.82, 2.24) is 4.98 Å². The molecule has 0 spiro atoms. The van der Waals surface area contributed by atoms with E-state index in [1.165, 1.54) is 12.1 Å². The van der Waals surface area contributed by atoms with Crippen LogP contribution < -0.4 is 0 Å². The molecule has 0 aliphatic carbocycles. The maximum absolute atomic E-state index is 12.7. The van der Waals surface area contributed by atoms with Crippen molar-refractivity contribution in [2.45, 2.75) is 6.18 Å². The van der Waals surface area contributed by atoms with E-state index in [2.05, 4.69) is 4.98 Å². The van der Waals surface area contributed by atoms with E-state index >= 15 is 0 Å². The van der Waals surface area contributed by atoms with Gasteiger partial charge in [0.05, 0.1) is 5.56 Å². The molecule has 0 aliphatic rings. The smallest absolute Gasteiger partial charge is 0.361 e. The van der Waals surface area contributed by atoms with Crippen LogP contribution in [-0.2, 0) is 6.18 Å². The van der Waals surface area contributed by atoms with Gasteiger partial charge in [-0.05, 0) is 23.8 Å². The molecule has 3 aromatic rings. The molecule has 96 valence electrons. The van der Waals surface area contributed by atoms with Crippen LogP contribution in [0.5, 0.6) is 0 Å². The third-order valence-corrected chi connectivity index (χ3v) is 3.09. The molecule has 1 heterocycles. The number of fused-ring (bicyclic) bond motifs is 1. The third kappa shape index (κ3) is 2.10. The molecule has 1 nitrogen and oxygen atoms in total. The third-order valence-electron chi connectivity index (χ3n) is 3.09. The SMILES string of the molecule is FC(F)(F)c1cccc(-c2c[nH]c3ccccc23)c1. The minimum Gasteiger partial charge on any atom is -0.361 e. The quantitative estimate of drug-likeness (QED) is 0.644. The van der Waals surface area contributed by atoms with Gasteiger partial charge in [-0.1, -0.05) is 30.3 Å². The van der Waals surface area contributed by atoms with Crippen LogP contribution in [0, 0.1) is 0 Å². The molecule has 0 radical (unpaired) electrons. The lowest BCUT2D eigenvalue weighted by molar-refractivity contribution is -0.137. The van der Waals surface area contributed by atoms with Gasteiger partial charge in [-0.25, -0.2) is 0 Å². The van der Waals surface area contributed by atoms with Gasteiger partial charge in [-0.3, -0.25) is 0 Å². The normalized spacial score (nSPS) is 11.9. The van der Waals surface area contributed by atoms with Crippen LogP contribution in [-0.4, -0.2) is 4.98 Å². The number of alkyl halides is 3. The number of nitrogens with one attached hydrogen (secondary N) is 1. The summed E-state index contributed by atoms with van der Waals surface area (Å²) >= 11 is 0. The average molecular weight is 261 g/mol. The van der Waals surface area contributed by atoms with E-state index in [0.717, 1.165) is 22.5 Å². The van der Waals surface area contributed by atoms with Gasteiger partial charge < -0.3 is 4.98 Å². The molecular formula is C15H10F3N. The summed E-state index contributed by atoms with van der Waals surface area (Å²) in [5, 5.41) is 0.918. The molecule has 0 unspecified atom stereocenters. The molecule has 0 amide bonds. The largest absolute Gasteiger partial charge is 0.416 e. The molecule has 1 aromatic heterocycles. The molecule has 0 atom stereocenters. The summed E-state index contributed by atoms with van der Waals surface area (Å²) in [7, 11) is 0. The summed E-state index contributed by atoms with van der Waals surface area (Å²) in [4.78, 5) is 3.06. The van der Waals surface area contributed by atoms with Crippen LogP contribution in [0.2, 0.25) is 0 Å². The van der Waals surface area contributed by atoms with Gasteiger partial charge in [0.2, 0.25) is 0 Å². The Morgan fingerprint density at radius 1 is 0.895 bits per heavy atom. The first kappa shape index (κ1) is 11.8. The zero-order valence-corrected chi connectivity index (χ0v) is 9.83. The summed E-state index contributed by atoms with van der Waals surface area (Å²) in [6.07, 6.45) is -2.58. The van der Waals surface area contributed by atoms with Crippen molar-refractivity contribution in [2.75, 3.05) is 0 Å². The Morgan fingerprint density at radius 3 is 2.47 bits per heavy atom.